The van der Waals surface area contributed by atoms with Gasteiger partial charge in [-0.3, -0.25) is 14.4 Å². The van der Waals surface area contributed by atoms with Crippen LogP contribution in [-0.2, 0) is 16.6 Å². The van der Waals surface area contributed by atoms with Crippen molar-refractivity contribution in [1.82, 2.24) is 20.5 Å². The van der Waals surface area contributed by atoms with E-state index in [1.807, 2.05) is 6.07 Å². The number of hydrogen-bond acceptors (Lipinski definition) is 7. The van der Waals surface area contributed by atoms with Crippen molar-refractivity contribution in [3.63, 3.8) is 0 Å². The van der Waals surface area contributed by atoms with E-state index < -0.39 is 33.6 Å². The normalized spacial score (nSPS) is 16.5. The molecule has 3 amide bonds. The number of carbonyl (C=O) groups excluding carboxylic acids is 2. The molecule has 11 nitrogen and oxygen atoms in total. The van der Waals surface area contributed by atoms with Gasteiger partial charge in [0.1, 0.15) is 17.4 Å². The Bertz CT molecular complexity index is 1670. The second-order valence-electron chi connectivity index (χ2n) is 11.1. The molecular weight excluding hydrogens is 677 g/mol. The molecule has 2 atom stereocenters. The molecule has 1 saturated heterocycles. The Hall–Kier alpha value is -3.72. The maximum absolute atomic E-state index is 14.4. The van der Waals surface area contributed by atoms with E-state index in [9.17, 15) is 26.8 Å². The van der Waals surface area contributed by atoms with Gasteiger partial charge in [0.15, 0.2) is 0 Å². The molecule has 0 aliphatic carbocycles. The predicted molar refractivity (Wildman–Crippen MR) is 180 cm³/mol. The van der Waals surface area contributed by atoms with Crippen LogP contribution < -0.4 is 25.4 Å². The number of pyridine rings is 1. The van der Waals surface area contributed by atoms with Crippen LogP contribution in [-0.4, -0.2) is 62.2 Å². The SMILES string of the molecule is CCCCC1CC(NC(=O)Nc2cc(C(=O)NC)c(F)cc2F)CCN1Cc1ccc(Oc2ccc(NS(C)(=O)=O)cc2Cl)nc1.Cl. The van der Waals surface area contributed by atoms with Crippen LogP contribution in [0, 0.1) is 11.6 Å². The largest absolute Gasteiger partial charge is 0.437 e. The van der Waals surface area contributed by atoms with Gasteiger partial charge in [-0.2, -0.15) is 0 Å². The van der Waals surface area contributed by atoms with Crippen LogP contribution in [0.15, 0.2) is 48.7 Å². The third-order valence-corrected chi connectivity index (χ3v) is 8.38. The van der Waals surface area contributed by atoms with Crippen molar-refractivity contribution in [2.75, 3.05) is 29.9 Å². The summed E-state index contributed by atoms with van der Waals surface area (Å²) >= 11 is 6.28. The minimum absolute atomic E-state index is 0. The number of amides is 3. The highest BCUT2D eigenvalue weighted by Crippen LogP contribution is 2.32. The number of sulfonamides is 1. The summed E-state index contributed by atoms with van der Waals surface area (Å²) in [7, 11) is -2.11. The Labute approximate surface area is 284 Å². The molecule has 4 rings (SSSR count). The van der Waals surface area contributed by atoms with Gasteiger partial charge in [0.2, 0.25) is 15.9 Å². The summed E-state index contributed by atoms with van der Waals surface area (Å²) in [6.07, 6.45) is 7.06. The summed E-state index contributed by atoms with van der Waals surface area (Å²) in [6.45, 7) is 3.45. The van der Waals surface area contributed by atoms with Gasteiger partial charge < -0.3 is 20.7 Å². The molecule has 0 bridgehead atoms. The van der Waals surface area contributed by atoms with Crippen LogP contribution in [0.2, 0.25) is 5.02 Å². The number of unbranched alkanes of at least 4 members (excludes halogenated alkanes) is 1. The molecule has 2 unspecified atom stereocenters. The Morgan fingerprint density at radius 1 is 1.13 bits per heavy atom. The summed E-state index contributed by atoms with van der Waals surface area (Å²) in [5.74, 6) is -2.08. The topological polar surface area (TPSA) is 142 Å². The third-order valence-electron chi connectivity index (χ3n) is 7.47. The number of halogens is 4. The van der Waals surface area contributed by atoms with E-state index in [-0.39, 0.29) is 40.8 Å². The van der Waals surface area contributed by atoms with Gasteiger partial charge in [0, 0.05) is 50.6 Å². The lowest BCUT2D eigenvalue weighted by Gasteiger charge is -2.40. The standard InChI is InChI=1S/C31H37ClF2N6O5S.ClH/c1-4-5-6-22-13-20(37-31(42)38-27-15-23(30(41)35-2)25(33)16-26(27)34)11-12-40(22)18-19-7-10-29(36-17-19)45-28-9-8-21(14-24(28)32)39-46(3,43)44;/h7-10,14-17,20,22,39H,4-6,11-13,18H2,1-3H3,(H,35,41)(H2,37,38,42);1H. The van der Waals surface area contributed by atoms with Gasteiger partial charge in [0.05, 0.1) is 28.2 Å². The van der Waals surface area contributed by atoms with Crippen molar-refractivity contribution in [3.05, 3.63) is 76.4 Å². The number of likely N-dealkylation sites (tertiary alicyclic amines) is 1. The first-order valence-electron chi connectivity index (χ1n) is 14.8. The summed E-state index contributed by atoms with van der Waals surface area (Å²) in [5.41, 5.74) is 0.623. The van der Waals surface area contributed by atoms with Crippen molar-refractivity contribution < 1.29 is 31.5 Å². The zero-order valence-electron chi connectivity index (χ0n) is 26.1. The fourth-order valence-electron chi connectivity index (χ4n) is 5.25. The molecule has 2 heterocycles. The predicted octanol–water partition coefficient (Wildman–Crippen LogP) is 6.30. The number of ether oxygens (including phenoxy) is 1. The van der Waals surface area contributed by atoms with Crippen LogP contribution in [0.1, 0.15) is 54.9 Å². The smallest absolute Gasteiger partial charge is 0.319 e. The van der Waals surface area contributed by atoms with Crippen LogP contribution in [0.4, 0.5) is 25.0 Å². The number of rotatable bonds is 12. The Morgan fingerprint density at radius 2 is 1.89 bits per heavy atom. The van der Waals surface area contributed by atoms with Gasteiger partial charge in [-0.25, -0.2) is 27.0 Å². The van der Waals surface area contributed by atoms with Crippen molar-refractivity contribution in [2.45, 2.75) is 57.7 Å². The lowest BCUT2D eigenvalue weighted by Crippen LogP contribution is -2.50. The minimum atomic E-state index is -3.44. The Morgan fingerprint density at radius 3 is 2.53 bits per heavy atom. The Kier molecular flexibility index (Phi) is 13.6. The van der Waals surface area contributed by atoms with E-state index in [2.05, 4.69) is 37.5 Å². The molecule has 2 aromatic carbocycles. The molecule has 0 saturated carbocycles. The maximum Gasteiger partial charge on any atom is 0.319 e. The molecule has 0 radical (unpaired) electrons. The number of urea groups is 1. The molecular formula is C31H38Cl2F2N6O5S. The second-order valence-corrected chi connectivity index (χ2v) is 13.3. The quantitative estimate of drug-likeness (QED) is 0.172. The number of nitrogens with one attached hydrogen (secondary N) is 4. The van der Waals surface area contributed by atoms with Gasteiger partial charge in [-0.15, -0.1) is 12.4 Å². The monoisotopic (exact) mass is 714 g/mol. The highest BCUT2D eigenvalue weighted by atomic mass is 35.5. The number of carbonyl (C=O) groups is 2. The van der Waals surface area contributed by atoms with E-state index in [0.717, 1.165) is 37.1 Å². The van der Waals surface area contributed by atoms with Gasteiger partial charge in [-0.05, 0) is 49.1 Å². The lowest BCUT2D eigenvalue weighted by molar-refractivity contribution is 0.0959. The first kappa shape index (κ1) is 37.7. The van der Waals surface area contributed by atoms with E-state index in [1.54, 1.807) is 24.4 Å². The number of nitrogens with zero attached hydrogens (tertiary/aromatic N) is 2. The van der Waals surface area contributed by atoms with Crippen molar-refractivity contribution in [3.8, 4) is 11.6 Å². The second kappa shape index (κ2) is 16.9. The molecule has 4 N–H and O–H groups in total. The van der Waals surface area contributed by atoms with Crippen molar-refractivity contribution >= 4 is 57.3 Å². The third kappa shape index (κ3) is 10.9. The molecule has 47 heavy (non-hydrogen) atoms. The first-order valence-corrected chi connectivity index (χ1v) is 17.0. The number of anilines is 2. The van der Waals surface area contributed by atoms with Crippen LogP contribution in [0.25, 0.3) is 0 Å². The summed E-state index contributed by atoms with van der Waals surface area (Å²) < 4.78 is 59.5. The molecule has 256 valence electrons. The highest BCUT2D eigenvalue weighted by molar-refractivity contribution is 7.92. The van der Waals surface area contributed by atoms with E-state index >= 15 is 0 Å². The van der Waals surface area contributed by atoms with Crippen LogP contribution in [0.3, 0.4) is 0 Å². The summed E-state index contributed by atoms with van der Waals surface area (Å²) in [4.78, 5) is 31.4. The molecule has 1 fully saturated rings. The zero-order chi connectivity index (χ0) is 33.4. The van der Waals surface area contributed by atoms with Crippen LogP contribution in [0.5, 0.6) is 11.6 Å². The summed E-state index contributed by atoms with van der Waals surface area (Å²) in [5, 5.41) is 7.82. The number of piperidine rings is 1. The van der Waals surface area contributed by atoms with Crippen LogP contribution >= 0.6 is 24.0 Å². The summed E-state index contributed by atoms with van der Waals surface area (Å²) in [6, 6.07) is 9.11. The molecule has 1 aromatic heterocycles. The Balaban J connectivity index is 0.00000600. The van der Waals surface area contributed by atoms with Gasteiger partial charge in [0.25, 0.3) is 5.91 Å². The molecule has 16 heteroatoms. The van der Waals surface area contributed by atoms with Gasteiger partial charge in [-0.1, -0.05) is 37.4 Å². The minimum Gasteiger partial charge on any atom is -0.437 e. The van der Waals surface area contributed by atoms with E-state index in [4.69, 9.17) is 16.3 Å². The first-order chi connectivity index (χ1) is 21.8. The fraction of sp³-hybridized carbons (Fsp3) is 0.387. The van der Waals surface area contributed by atoms with E-state index in [0.29, 0.717) is 49.3 Å². The van der Waals surface area contributed by atoms with Crippen molar-refractivity contribution in [2.24, 2.45) is 0 Å². The molecule has 1 aliphatic heterocycles. The molecule has 3 aromatic rings. The number of benzene rings is 2. The average molecular weight is 716 g/mol. The van der Waals surface area contributed by atoms with Crippen molar-refractivity contribution in [1.29, 1.82) is 0 Å². The van der Waals surface area contributed by atoms with E-state index in [1.165, 1.54) is 13.1 Å². The number of hydrogen-bond donors (Lipinski definition) is 4. The molecule has 0 spiro atoms. The highest BCUT2D eigenvalue weighted by Gasteiger charge is 2.29. The molecule has 1 aliphatic rings. The fourth-order valence-corrected chi connectivity index (χ4v) is 6.02. The zero-order valence-corrected chi connectivity index (χ0v) is 28.5. The maximum atomic E-state index is 14.4. The van der Waals surface area contributed by atoms with Gasteiger partial charge >= 0.3 is 6.03 Å². The average Bonchev–Trinajstić information content (AvgIpc) is 2.99. The number of aromatic nitrogens is 1. The lowest BCUT2D eigenvalue weighted by atomic mass is 9.93.